The Bertz CT molecular complexity index is 916. The first-order valence-electron chi connectivity index (χ1n) is 11.7. The Morgan fingerprint density at radius 3 is 2.16 bits per heavy atom. The summed E-state index contributed by atoms with van der Waals surface area (Å²) in [5.74, 6) is -4.67. The minimum Gasteiger partial charge on any atom is -0.475 e. The third kappa shape index (κ3) is 9.74. The summed E-state index contributed by atoms with van der Waals surface area (Å²) >= 11 is 0. The molecule has 4 rings (SSSR count). The Morgan fingerprint density at radius 1 is 1.03 bits per heavy atom. The van der Waals surface area contributed by atoms with Crippen LogP contribution >= 0.6 is 0 Å². The Balaban J connectivity index is 0.000000301. The molecule has 1 amide bonds. The maximum Gasteiger partial charge on any atom is 0.490 e. The van der Waals surface area contributed by atoms with Crippen LogP contribution in [0.3, 0.4) is 0 Å². The summed E-state index contributed by atoms with van der Waals surface area (Å²) < 4.78 is 69.0. The molecule has 2 unspecified atom stereocenters. The van der Waals surface area contributed by atoms with Gasteiger partial charge in [0.05, 0.1) is 12.2 Å². The van der Waals surface area contributed by atoms with Crippen molar-refractivity contribution in [1.82, 2.24) is 14.8 Å². The van der Waals surface area contributed by atoms with Crippen molar-refractivity contribution in [3.63, 3.8) is 0 Å². The van der Waals surface area contributed by atoms with E-state index in [1.54, 1.807) is 12.4 Å². The molecule has 0 radical (unpaired) electrons. The zero-order valence-corrected chi connectivity index (χ0v) is 20.3. The van der Waals surface area contributed by atoms with Crippen LogP contribution in [0.1, 0.15) is 36.0 Å². The van der Waals surface area contributed by atoms with Crippen LogP contribution in [0.25, 0.3) is 0 Å². The fourth-order valence-electron chi connectivity index (χ4n) is 4.66. The number of carbonyl (C=O) groups is 3. The first kappa shape index (κ1) is 31.3. The normalized spacial score (nSPS) is 23.7. The van der Waals surface area contributed by atoms with Gasteiger partial charge in [-0.25, -0.2) is 9.59 Å². The van der Waals surface area contributed by atoms with E-state index in [1.807, 2.05) is 12.1 Å². The van der Waals surface area contributed by atoms with Gasteiger partial charge < -0.3 is 24.7 Å². The molecule has 3 saturated heterocycles. The molecule has 9 nitrogen and oxygen atoms in total. The quantitative estimate of drug-likeness (QED) is 0.544. The molecular formula is C23H29F6N3O6. The summed E-state index contributed by atoms with van der Waals surface area (Å²) in [7, 11) is 0. The van der Waals surface area contributed by atoms with Crippen LogP contribution in [0.4, 0.5) is 26.3 Å². The highest BCUT2D eigenvalue weighted by Crippen LogP contribution is 2.39. The number of halogens is 6. The molecule has 1 spiro atoms. The zero-order chi connectivity index (χ0) is 28.6. The highest BCUT2D eigenvalue weighted by Gasteiger charge is 2.43. The van der Waals surface area contributed by atoms with Gasteiger partial charge in [0.1, 0.15) is 0 Å². The van der Waals surface area contributed by atoms with Crippen LogP contribution in [-0.4, -0.2) is 101 Å². The van der Waals surface area contributed by atoms with E-state index in [4.69, 9.17) is 24.5 Å². The average molecular weight is 557 g/mol. The Hall–Kier alpha value is -2.94. The summed E-state index contributed by atoms with van der Waals surface area (Å²) in [6.45, 7) is 7.11. The van der Waals surface area contributed by atoms with Crippen molar-refractivity contribution < 1.29 is 55.7 Å². The van der Waals surface area contributed by atoms with Crippen LogP contribution in [0.15, 0.2) is 24.5 Å². The third-order valence-electron chi connectivity index (χ3n) is 6.40. The van der Waals surface area contributed by atoms with E-state index in [9.17, 15) is 31.1 Å². The number of amides is 1. The first-order valence-corrected chi connectivity index (χ1v) is 11.7. The van der Waals surface area contributed by atoms with Gasteiger partial charge in [0.2, 0.25) is 0 Å². The van der Waals surface area contributed by atoms with Gasteiger partial charge in [0, 0.05) is 50.6 Å². The van der Waals surface area contributed by atoms with Crippen molar-refractivity contribution in [2.24, 2.45) is 11.3 Å². The number of hydrogen-bond donors (Lipinski definition) is 2. The Kier molecular flexibility index (Phi) is 10.9. The van der Waals surface area contributed by atoms with Gasteiger partial charge in [-0.15, -0.1) is 0 Å². The second-order valence-electron chi connectivity index (χ2n) is 9.39. The maximum atomic E-state index is 12.8. The summed E-state index contributed by atoms with van der Waals surface area (Å²) in [6, 6.07) is 3.71. The van der Waals surface area contributed by atoms with E-state index in [-0.39, 0.29) is 5.91 Å². The Morgan fingerprint density at radius 2 is 1.66 bits per heavy atom. The van der Waals surface area contributed by atoms with Gasteiger partial charge in [-0.2, -0.15) is 26.3 Å². The molecular weight excluding hydrogens is 528 g/mol. The number of ether oxygens (including phenoxy) is 1. The lowest BCUT2D eigenvalue weighted by molar-refractivity contribution is -0.193. The van der Waals surface area contributed by atoms with Crippen LogP contribution in [0.2, 0.25) is 0 Å². The van der Waals surface area contributed by atoms with Gasteiger partial charge in [0.15, 0.2) is 0 Å². The van der Waals surface area contributed by atoms with E-state index in [0.29, 0.717) is 16.9 Å². The molecule has 4 heterocycles. The molecule has 0 saturated carbocycles. The van der Waals surface area contributed by atoms with Crippen molar-refractivity contribution in [3.05, 3.63) is 30.1 Å². The fraction of sp³-hybridized carbons (Fsp3) is 0.652. The topological polar surface area (TPSA) is 120 Å². The van der Waals surface area contributed by atoms with Crippen molar-refractivity contribution in [1.29, 1.82) is 0 Å². The molecule has 0 bridgehead atoms. The fourth-order valence-corrected chi connectivity index (χ4v) is 4.66. The number of hydrogen-bond acceptors (Lipinski definition) is 6. The Labute approximate surface area is 214 Å². The SMILES string of the molecule is O=C(O)C(F)(F)F.O=C(O)C(F)(F)F.O=C(c1cccnc1)N1CCCC2(CCN(CC3CCOC3)C2)C1. The van der Waals surface area contributed by atoms with E-state index >= 15 is 0 Å². The van der Waals surface area contributed by atoms with Gasteiger partial charge in [-0.3, -0.25) is 9.78 Å². The molecule has 38 heavy (non-hydrogen) atoms. The highest BCUT2D eigenvalue weighted by atomic mass is 19.4. The molecule has 0 aliphatic carbocycles. The molecule has 2 N–H and O–H groups in total. The van der Waals surface area contributed by atoms with Crippen molar-refractivity contribution in [3.8, 4) is 0 Å². The van der Waals surface area contributed by atoms with E-state index < -0.39 is 24.3 Å². The number of carbonyl (C=O) groups excluding carboxylic acids is 1. The van der Waals surface area contributed by atoms with E-state index in [1.165, 1.54) is 25.8 Å². The number of aromatic nitrogens is 1. The summed E-state index contributed by atoms with van der Waals surface area (Å²) in [4.78, 5) is 39.3. The predicted octanol–water partition coefficient (Wildman–Crippen LogP) is 3.31. The largest absolute Gasteiger partial charge is 0.490 e. The second-order valence-corrected chi connectivity index (χ2v) is 9.39. The number of carboxylic acids is 2. The molecule has 2 atom stereocenters. The molecule has 3 aliphatic heterocycles. The second kappa shape index (κ2) is 13.2. The number of likely N-dealkylation sites (tertiary alicyclic amines) is 2. The van der Waals surface area contributed by atoms with Crippen LogP contribution in [0, 0.1) is 11.3 Å². The van der Waals surface area contributed by atoms with Crippen molar-refractivity contribution in [2.75, 3.05) is 45.9 Å². The molecule has 214 valence electrons. The smallest absolute Gasteiger partial charge is 0.475 e. The molecule has 3 fully saturated rings. The van der Waals surface area contributed by atoms with E-state index in [2.05, 4.69) is 14.8 Å². The average Bonchev–Trinajstić information content (AvgIpc) is 3.49. The van der Waals surface area contributed by atoms with Gasteiger partial charge in [0.25, 0.3) is 5.91 Å². The van der Waals surface area contributed by atoms with Crippen LogP contribution < -0.4 is 0 Å². The number of aliphatic carboxylic acids is 2. The van der Waals surface area contributed by atoms with Gasteiger partial charge >= 0.3 is 24.3 Å². The van der Waals surface area contributed by atoms with Crippen LogP contribution in [-0.2, 0) is 14.3 Å². The minimum atomic E-state index is -5.08. The van der Waals surface area contributed by atoms with Gasteiger partial charge in [-0.05, 0) is 50.3 Å². The maximum absolute atomic E-state index is 12.8. The zero-order valence-electron chi connectivity index (χ0n) is 20.3. The molecule has 3 aliphatic rings. The van der Waals surface area contributed by atoms with Crippen LogP contribution in [0.5, 0.6) is 0 Å². The molecule has 1 aromatic rings. The number of piperidine rings is 1. The number of pyridine rings is 1. The third-order valence-corrected chi connectivity index (χ3v) is 6.40. The number of carboxylic acid groups (broad SMARTS) is 2. The van der Waals surface area contributed by atoms with E-state index in [0.717, 1.165) is 45.8 Å². The molecule has 1 aromatic heterocycles. The van der Waals surface area contributed by atoms with Gasteiger partial charge in [-0.1, -0.05) is 0 Å². The molecule has 0 aromatic carbocycles. The summed E-state index contributed by atoms with van der Waals surface area (Å²) in [6.07, 6.45) is -1.97. The van der Waals surface area contributed by atoms with Crippen molar-refractivity contribution >= 4 is 17.8 Å². The predicted molar refractivity (Wildman–Crippen MR) is 119 cm³/mol. The number of rotatable bonds is 3. The monoisotopic (exact) mass is 557 g/mol. The molecule has 15 heteroatoms. The lowest BCUT2D eigenvalue weighted by Gasteiger charge is -2.40. The summed E-state index contributed by atoms with van der Waals surface area (Å²) in [5, 5.41) is 14.2. The minimum absolute atomic E-state index is 0.143. The van der Waals surface area contributed by atoms with Crippen molar-refractivity contribution in [2.45, 2.75) is 38.0 Å². The standard InChI is InChI=1S/C19H27N3O2.2C2HF3O2/c23-18(17-3-1-7-20-11-17)22-8-2-5-19(15-22)6-9-21(14-19)12-16-4-10-24-13-16;2*3-2(4,5)1(6)7/h1,3,7,11,16H,2,4-6,8-10,12-15H2;2*(H,6,7). The number of nitrogens with zero attached hydrogens (tertiary/aromatic N) is 3. The summed E-state index contributed by atoms with van der Waals surface area (Å²) in [5.41, 5.74) is 1.02. The lowest BCUT2D eigenvalue weighted by atomic mass is 9.79. The first-order chi connectivity index (χ1) is 17.6. The lowest BCUT2D eigenvalue weighted by Crippen LogP contribution is -2.47. The highest BCUT2D eigenvalue weighted by molar-refractivity contribution is 5.94. The number of alkyl halides is 6.